The van der Waals surface area contributed by atoms with Crippen LogP contribution in [0.5, 0.6) is 5.75 Å². The lowest BCUT2D eigenvalue weighted by atomic mass is 10.1. The standard InChI is InChI=1S/C21H20ClN3O4/c1-3-29-18-9-8-15(22)10-14(18)11-17-20(27)25(21(28)24-17)12-19(26)23-16-7-5-4-6-13(16)2/h4-11H,3,12H2,1-2H3,(H,23,26)(H,24,28)/b17-11-. The lowest BCUT2D eigenvalue weighted by molar-refractivity contribution is -0.127. The zero-order valence-corrected chi connectivity index (χ0v) is 16.7. The quantitative estimate of drug-likeness (QED) is 0.559. The maximum atomic E-state index is 12.6. The van der Waals surface area contributed by atoms with Crippen molar-refractivity contribution in [1.29, 1.82) is 0 Å². The first kappa shape index (κ1) is 20.4. The SMILES string of the molecule is CCOc1ccc(Cl)cc1/C=C1\NC(=O)N(CC(=O)Nc2ccccc2C)C1=O. The summed E-state index contributed by atoms with van der Waals surface area (Å²) in [4.78, 5) is 38.1. The second kappa shape index (κ2) is 8.79. The van der Waals surface area contributed by atoms with E-state index in [1.54, 1.807) is 30.3 Å². The Hall–Kier alpha value is -3.32. The highest BCUT2D eigenvalue weighted by Gasteiger charge is 2.35. The summed E-state index contributed by atoms with van der Waals surface area (Å²) in [6.07, 6.45) is 1.48. The molecule has 0 aromatic heterocycles. The summed E-state index contributed by atoms with van der Waals surface area (Å²) >= 11 is 6.03. The molecule has 0 aliphatic carbocycles. The molecule has 0 unspecified atom stereocenters. The van der Waals surface area contributed by atoms with Gasteiger partial charge in [0.1, 0.15) is 18.0 Å². The molecular weight excluding hydrogens is 394 g/mol. The number of benzene rings is 2. The largest absolute Gasteiger partial charge is 0.493 e. The van der Waals surface area contributed by atoms with Crippen molar-refractivity contribution in [1.82, 2.24) is 10.2 Å². The monoisotopic (exact) mass is 413 g/mol. The van der Waals surface area contributed by atoms with Crippen LogP contribution in [0.4, 0.5) is 10.5 Å². The number of hydrogen-bond donors (Lipinski definition) is 2. The van der Waals surface area contributed by atoms with E-state index in [1.165, 1.54) is 6.08 Å². The normalized spacial score (nSPS) is 14.9. The Kier molecular flexibility index (Phi) is 6.19. The Balaban J connectivity index is 1.76. The Labute approximate surface area is 173 Å². The maximum absolute atomic E-state index is 12.6. The number of nitrogens with zero attached hydrogens (tertiary/aromatic N) is 1. The first-order valence-electron chi connectivity index (χ1n) is 9.01. The minimum Gasteiger partial charge on any atom is -0.493 e. The van der Waals surface area contributed by atoms with E-state index in [0.29, 0.717) is 28.6 Å². The van der Waals surface area contributed by atoms with Crippen molar-refractivity contribution >= 4 is 41.2 Å². The third-order valence-corrected chi connectivity index (χ3v) is 4.49. The Morgan fingerprint density at radius 3 is 2.72 bits per heavy atom. The topological polar surface area (TPSA) is 87.7 Å². The van der Waals surface area contributed by atoms with Crippen LogP contribution in [0.1, 0.15) is 18.1 Å². The number of hydrogen-bond acceptors (Lipinski definition) is 4. The van der Waals surface area contributed by atoms with Crippen LogP contribution >= 0.6 is 11.6 Å². The lowest BCUT2D eigenvalue weighted by Crippen LogP contribution is -2.38. The third-order valence-electron chi connectivity index (χ3n) is 4.25. The fraction of sp³-hybridized carbons (Fsp3) is 0.190. The molecule has 0 radical (unpaired) electrons. The van der Waals surface area contributed by atoms with E-state index in [2.05, 4.69) is 10.6 Å². The summed E-state index contributed by atoms with van der Waals surface area (Å²) in [5.74, 6) is -0.540. The molecule has 1 saturated heterocycles. The molecule has 1 aliphatic heterocycles. The molecule has 0 spiro atoms. The summed E-state index contributed by atoms with van der Waals surface area (Å²) < 4.78 is 5.53. The minimum atomic E-state index is -0.666. The Bertz CT molecular complexity index is 1000. The van der Waals surface area contributed by atoms with Crippen molar-refractivity contribution in [3.8, 4) is 5.75 Å². The zero-order chi connectivity index (χ0) is 21.0. The second-order valence-corrected chi connectivity index (χ2v) is 6.79. The molecule has 8 heteroatoms. The first-order valence-corrected chi connectivity index (χ1v) is 9.39. The second-order valence-electron chi connectivity index (χ2n) is 6.36. The number of carbonyl (C=O) groups is 3. The average molecular weight is 414 g/mol. The number of ether oxygens (including phenoxy) is 1. The van der Waals surface area contributed by atoms with Gasteiger partial charge in [-0.1, -0.05) is 29.8 Å². The number of urea groups is 1. The van der Waals surface area contributed by atoms with Gasteiger partial charge in [0.05, 0.1) is 6.61 Å². The van der Waals surface area contributed by atoms with Gasteiger partial charge in [-0.05, 0) is 49.8 Å². The van der Waals surface area contributed by atoms with E-state index in [0.717, 1.165) is 10.5 Å². The summed E-state index contributed by atoms with van der Waals surface area (Å²) in [6, 6.07) is 11.6. The smallest absolute Gasteiger partial charge is 0.329 e. The molecule has 2 N–H and O–H groups in total. The van der Waals surface area contributed by atoms with Crippen LogP contribution < -0.4 is 15.4 Å². The van der Waals surface area contributed by atoms with Crippen molar-refractivity contribution < 1.29 is 19.1 Å². The van der Waals surface area contributed by atoms with E-state index >= 15 is 0 Å². The van der Waals surface area contributed by atoms with Gasteiger partial charge < -0.3 is 15.4 Å². The molecule has 1 heterocycles. The molecule has 1 aliphatic rings. The van der Waals surface area contributed by atoms with Gasteiger partial charge in [0.15, 0.2) is 0 Å². The van der Waals surface area contributed by atoms with Crippen molar-refractivity contribution in [2.75, 3.05) is 18.5 Å². The Morgan fingerprint density at radius 2 is 2.00 bits per heavy atom. The van der Waals surface area contributed by atoms with Gasteiger partial charge >= 0.3 is 6.03 Å². The molecule has 0 bridgehead atoms. The van der Waals surface area contributed by atoms with Crippen molar-refractivity contribution in [3.05, 3.63) is 64.3 Å². The van der Waals surface area contributed by atoms with Crippen molar-refractivity contribution in [3.63, 3.8) is 0 Å². The van der Waals surface area contributed by atoms with Crippen molar-refractivity contribution in [2.45, 2.75) is 13.8 Å². The first-order chi connectivity index (χ1) is 13.9. The highest BCUT2D eigenvalue weighted by atomic mass is 35.5. The third kappa shape index (κ3) is 4.75. The van der Waals surface area contributed by atoms with E-state index in [9.17, 15) is 14.4 Å². The van der Waals surface area contributed by atoms with Gasteiger partial charge in [-0.25, -0.2) is 9.69 Å². The number of halogens is 1. The molecule has 2 aromatic rings. The number of imide groups is 1. The Morgan fingerprint density at radius 1 is 1.24 bits per heavy atom. The highest BCUT2D eigenvalue weighted by molar-refractivity contribution is 6.30. The van der Waals surface area contributed by atoms with Gasteiger partial charge in [-0.15, -0.1) is 0 Å². The number of para-hydroxylation sites is 1. The molecule has 4 amide bonds. The number of anilines is 1. The molecule has 29 heavy (non-hydrogen) atoms. The molecule has 150 valence electrons. The summed E-state index contributed by atoms with van der Waals surface area (Å²) in [7, 11) is 0. The predicted molar refractivity (Wildman–Crippen MR) is 111 cm³/mol. The molecule has 1 fully saturated rings. The molecule has 7 nitrogen and oxygen atoms in total. The van der Waals surface area contributed by atoms with Gasteiger partial charge in [0.25, 0.3) is 5.91 Å². The van der Waals surface area contributed by atoms with Gasteiger partial charge in [0, 0.05) is 16.3 Å². The summed E-state index contributed by atoms with van der Waals surface area (Å²) in [5, 5.41) is 5.66. The highest BCUT2D eigenvalue weighted by Crippen LogP contribution is 2.26. The van der Waals surface area contributed by atoms with E-state index in [4.69, 9.17) is 16.3 Å². The summed E-state index contributed by atoms with van der Waals surface area (Å²) in [6.45, 7) is 3.72. The predicted octanol–water partition coefficient (Wildman–Crippen LogP) is 3.58. The van der Waals surface area contributed by atoms with Crippen molar-refractivity contribution in [2.24, 2.45) is 0 Å². The fourth-order valence-electron chi connectivity index (χ4n) is 2.84. The van der Waals surface area contributed by atoms with Crippen LogP contribution in [-0.4, -0.2) is 35.9 Å². The maximum Gasteiger partial charge on any atom is 0.329 e. The van der Waals surface area contributed by atoms with Crippen LogP contribution in [0.25, 0.3) is 6.08 Å². The molecular formula is C21H20ClN3O4. The van der Waals surface area contributed by atoms with Gasteiger partial charge in [-0.3, -0.25) is 9.59 Å². The van der Waals surface area contributed by atoms with Gasteiger partial charge in [0.2, 0.25) is 5.91 Å². The number of amides is 4. The van der Waals surface area contributed by atoms with E-state index in [-0.39, 0.29) is 5.70 Å². The van der Waals surface area contributed by atoms with Crippen LogP contribution in [0, 0.1) is 6.92 Å². The fourth-order valence-corrected chi connectivity index (χ4v) is 3.02. The van der Waals surface area contributed by atoms with E-state index in [1.807, 2.05) is 26.0 Å². The average Bonchev–Trinajstić information content (AvgIpc) is 2.93. The van der Waals surface area contributed by atoms with Crippen LogP contribution in [-0.2, 0) is 9.59 Å². The lowest BCUT2D eigenvalue weighted by Gasteiger charge is -2.13. The minimum absolute atomic E-state index is 0.0434. The molecule has 0 saturated carbocycles. The number of nitrogens with one attached hydrogen (secondary N) is 2. The van der Waals surface area contributed by atoms with E-state index < -0.39 is 24.4 Å². The molecule has 3 rings (SSSR count). The molecule has 0 atom stereocenters. The number of carbonyl (C=O) groups excluding carboxylic acids is 3. The molecule has 2 aromatic carbocycles. The summed E-state index contributed by atoms with van der Waals surface area (Å²) in [5.41, 5.74) is 2.10. The number of aryl methyl sites for hydroxylation is 1. The van der Waals surface area contributed by atoms with Gasteiger partial charge in [-0.2, -0.15) is 0 Å². The number of rotatable bonds is 6. The van der Waals surface area contributed by atoms with Crippen LogP contribution in [0.2, 0.25) is 5.02 Å². The zero-order valence-electron chi connectivity index (χ0n) is 16.0. The van der Waals surface area contributed by atoms with Crippen LogP contribution in [0.3, 0.4) is 0 Å². The van der Waals surface area contributed by atoms with Crippen LogP contribution in [0.15, 0.2) is 48.2 Å².